The second-order valence-electron chi connectivity index (χ2n) is 6.31. The van der Waals surface area contributed by atoms with E-state index in [2.05, 4.69) is 10.6 Å². The molecule has 0 unspecified atom stereocenters. The summed E-state index contributed by atoms with van der Waals surface area (Å²) in [5, 5.41) is 7.99. The third-order valence-electron chi connectivity index (χ3n) is 4.38. The van der Waals surface area contributed by atoms with Crippen LogP contribution in [0.5, 0.6) is 0 Å². The Balaban J connectivity index is 1.57. The summed E-state index contributed by atoms with van der Waals surface area (Å²) < 4.78 is 26.5. The van der Waals surface area contributed by atoms with E-state index in [-0.39, 0.29) is 16.8 Å². The maximum atomic E-state index is 12.5. The topological polar surface area (TPSA) is 78.5 Å². The number of amides is 1. The van der Waals surface area contributed by atoms with Crippen LogP contribution in [0.25, 0.3) is 0 Å². The standard InChI is InChI=1S/C18H23N3O3S2/c1-14(19-13-16-5-4-12-25-16)18(22)20-15-6-8-17(9-7-15)26(23,24)21-10-2-3-11-21/h4-9,12,14,19H,2-3,10-11,13H2,1H3,(H,20,22)/t14-/m0/s1. The molecule has 0 spiro atoms. The minimum absolute atomic E-state index is 0.156. The molecule has 2 aromatic rings. The third kappa shape index (κ3) is 4.50. The van der Waals surface area contributed by atoms with Gasteiger partial charge in [-0.2, -0.15) is 4.31 Å². The summed E-state index contributed by atoms with van der Waals surface area (Å²) in [7, 11) is -3.42. The molecule has 2 N–H and O–H groups in total. The molecule has 140 valence electrons. The van der Waals surface area contributed by atoms with Gasteiger partial charge >= 0.3 is 0 Å². The zero-order chi connectivity index (χ0) is 18.6. The van der Waals surface area contributed by atoms with Crippen LogP contribution >= 0.6 is 11.3 Å². The Hall–Kier alpha value is -1.74. The fraction of sp³-hybridized carbons (Fsp3) is 0.389. The van der Waals surface area contributed by atoms with Crippen LogP contribution in [0.1, 0.15) is 24.6 Å². The maximum absolute atomic E-state index is 12.5. The number of nitrogens with one attached hydrogen (secondary N) is 2. The molecule has 8 heteroatoms. The van der Waals surface area contributed by atoms with Crippen LogP contribution in [-0.4, -0.2) is 37.8 Å². The molecule has 26 heavy (non-hydrogen) atoms. The number of benzene rings is 1. The van der Waals surface area contributed by atoms with Crippen LogP contribution in [-0.2, 0) is 21.4 Å². The normalized spacial score (nSPS) is 16.5. The number of carbonyl (C=O) groups excluding carboxylic acids is 1. The fourth-order valence-corrected chi connectivity index (χ4v) is 4.97. The van der Waals surface area contributed by atoms with E-state index in [9.17, 15) is 13.2 Å². The van der Waals surface area contributed by atoms with Gasteiger partial charge in [-0.3, -0.25) is 4.79 Å². The molecular formula is C18H23N3O3S2. The van der Waals surface area contributed by atoms with E-state index in [1.165, 1.54) is 9.18 Å². The predicted molar refractivity (Wildman–Crippen MR) is 104 cm³/mol. The number of carbonyl (C=O) groups is 1. The van der Waals surface area contributed by atoms with E-state index < -0.39 is 10.0 Å². The number of nitrogens with zero attached hydrogens (tertiary/aromatic N) is 1. The van der Waals surface area contributed by atoms with E-state index in [1.807, 2.05) is 17.5 Å². The lowest BCUT2D eigenvalue weighted by Gasteiger charge is -2.16. The maximum Gasteiger partial charge on any atom is 0.243 e. The molecule has 1 aliphatic heterocycles. The summed E-state index contributed by atoms with van der Waals surface area (Å²) in [5.74, 6) is -0.156. The highest BCUT2D eigenvalue weighted by Crippen LogP contribution is 2.22. The van der Waals surface area contributed by atoms with E-state index in [0.717, 1.165) is 12.8 Å². The summed E-state index contributed by atoms with van der Waals surface area (Å²) in [5.41, 5.74) is 0.583. The smallest absolute Gasteiger partial charge is 0.243 e. The lowest BCUT2D eigenvalue weighted by molar-refractivity contribution is -0.117. The Morgan fingerprint density at radius 3 is 2.50 bits per heavy atom. The van der Waals surface area contributed by atoms with Crippen LogP contribution in [0.4, 0.5) is 5.69 Å². The first-order valence-corrected chi connectivity index (χ1v) is 11.0. The molecule has 2 heterocycles. The van der Waals surface area contributed by atoms with Gasteiger partial charge in [0.05, 0.1) is 10.9 Å². The van der Waals surface area contributed by atoms with Crippen molar-refractivity contribution in [1.82, 2.24) is 9.62 Å². The van der Waals surface area contributed by atoms with Crippen molar-refractivity contribution in [3.05, 3.63) is 46.7 Å². The van der Waals surface area contributed by atoms with Gasteiger partial charge in [0.1, 0.15) is 0 Å². The van der Waals surface area contributed by atoms with Crippen molar-refractivity contribution >= 4 is 33.0 Å². The van der Waals surface area contributed by atoms with Gasteiger partial charge in [-0.25, -0.2) is 8.42 Å². The molecule has 1 atom stereocenters. The zero-order valence-electron chi connectivity index (χ0n) is 14.6. The molecule has 0 bridgehead atoms. The van der Waals surface area contributed by atoms with Gasteiger partial charge in [-0.15, -0.1) is 11.3 Å². The first-order valence-electron chi connectivity index (χ1n) is 8.63. The first kappa shape index (κ1) is 19.0. The van der Waals surface area contributed by atoms with Crippen molar-refractivity contribution in [3.63, 3.8) is 0 Å². The van der Waals surface area contributed by atoms with Crippen molar-refractivity contribution in [3.8, 4) is 0 Å². The summed E-state index contributed by atoms with van der Waals surface area (Å²) in [6, 6.07) is 10.00. The van der Waals surface area contributed by atoms with Crippen molar-refractivity contribution in [2.45, 2.75) is 37.2 Å². The van der Waals surface area contributed by atoms with Crippen LogP contribution in [0.3, 0.4) is 0 Å². The highest BCUT2D eigenvalue weighted by molar-refractivity contribution is 7.89. The quantitative estimate of drug-likeness (QED) is 0.758. The van der Waals surface area contributed by atoms with Crippen LogP contribution in [0.15, 0.2) is 46.7 Å². The Morgan fingerprint density at radius 1 is 1.19 bits per heavy atom. The second-order valence-corrected chi connectivity index (χ2v) is 9.28. The highest BCUT2D eigenvalue weighted by Gasteiger charge is 2.27. The van der Waals surface area contributed by atoms with Crippen LogP contribution < -0.4 is 10.6 Å². The number of anilines is 1. The van der Waals surface area contributed by atoms with Crippen molar-refractivity contribution < 1.29 is 13.2 Å². The first-order chi connectivity index (χ1) is 12.5. The lowest BCUT2D eigenvalue weighted by atomic mass is 10.2. The van der Waals surface area contributed by atoms with Crippen molar-refractivity contribution in [2.24, 2.45) is 0 Å². The monoisotopic (exact) mass is 393 g/mol. The third-order valence-corrected chi connectivity index (χ3v) is 7.17. The molecular weight excluding hydrogens is 370 g/mol. The van der Waals surface area contributed by atoms with Gasteiger partial charge in [-0.05, 0) is 55.5 Å². The SMILES string of the molecule is C[C@H](NCc1cccs1)C(=O)Nc1ccc(S(=O)(=O)N2CCCC2)cc1. The summed E-state index contributed by atoms with van der Waals surface area (Å²) in [6.45, 7) is 3.59. The molecule has 0 aliphatic carbocycles. The number of thiophene rings is 1. The van der Waals surface area contributed by atoms with Gasteiger partial charge in [0.25, 0.3) is 0 Å². The average molecular weight is 394 g/mol. The predicted octanol–water partition coefficient (Wildman–Crippen LogP) is 2.65. The molecule has 0 saturated carbocycles. The molecule has 1 aromatic heterocycles. The van der Waals surface area contributed by atoms with Gasteiger partial charge in [0, 0.05) is 30.2 Å². The summed E-state index contributed by atoms with van der Waals surface area (Å²) >= 11 is 1.64. The minimum atomic E-state index is -3.42. The van der Waals surface area contributed by atoms with Gasteiger partial charge in [0.15, 0.2) is 0 Å². The van der Waals surface area contributed by atoms with E-state index in [0.29, 0.717) is 25.3 Å². The van der Waals surface area contributed by atoms with Gasteiger partial charge in [-0.1, -0.05) is 6.07 Å². The van der Waals surface area contributed by atoms with Gasteiger partial charge < -0.3 is 10.6 Å². The Labute approximate surface area is 158 Å². The van der Waals surface area contributed by atoms with Crippen molar-refractivity contribution in [2.75, 3.05) is 18.4 Å². The average Bonchev–Trinajstić information content (AvgIpc) is 3.34. The molecule has 1 amide bonds. The van der Waals surface area contributed by atoms with E-state index in [4.69, 9.17) is 0 Å². The molecule has 3 rings (SSSR count). The molecule has 1 aromatic carbocycles. The highest BCUT2D eigenvalue weighted by atomic mass is 32.2. The lowest BCUT2D eigenvalue weighted by Crippen LogP contribution is -2.37. The van der Waals surface area contributed by atoms with Gasteiger partial charge in [0.2, 0.25) is 15.9 Å². The Kier molecular flexibility index (Phi) is 6.08. The Morgan fingerprint density at radius 2 is 1.88 bits per heavy atom. The second kappa shape index (κ2) is 8.30. The molecule has 0 radical (unpaired) electrons. The van der Waals surface area contributed by atoms with Crippen molar-refractivity contribution in [1.29, 1.82) is 0 Å². The number of hydrogen-bond acceptors (Lipinski definition) is 5. The fourth-order valence-electron chi connectivity index (χ4n) is 2.80. The molecule has 6 nitrogen and oxygen atoms in total. The zero-order valence-corrected chi connectivity index (χ0v) is 16.3. The van der Waals surface area contributed by atoms with E-state index in [1.54, 1.807) is 42.5 Å². The number of sulfonamides is 1. The number of rotatable bonds is 7. The summed E-state index contributed by atoms with van der Waals surface area (Å²) in [6.07, 6.45) is 1.81. The van der Waals surface area contributed by atoms with E-state index >= 15 is 0 Å². The molecule has 1 saturated heterocycles. The Bertz CT molecular complexity index is 827. The largest absolute Gasteiger partial charge is 0.325 e. The van der Waals surface area contributed by atoms with Crippen LogP contribution in [0, 0.1) is 0 Å². The van der Waals surface area contributed by atoms with Crippen LogP contribution in [0.2, 0.25) is 0 Å². The number of hydrogen-bond donors (Lipinski definition) is 2. The molecule has 1 aliphatic rings. The minimum Gasteiger partial charge on any atom is -0.325 e. The molecule has 1 fully saturated rings. The summed E-state index contributed by atoms with van der Waals surface area (Å²) in [4.78, 5) is 13.7.